The number of ether oxygens (including phenoxy) is 2. The Morgan fingerprint density at radius 1 is 0.297 bits per heavy atom. The Kier molecular flexibility index (Phi) is 54.3. The van der Waals surface area contributed by atoms with Crippen molar-refractivity contribution in [2.75, 3.05) is 19.0 Å². The summed E-state index contributed by atoms with van der Waals surface area (Å²) < 4.78 is 11.5. The van der Waals surface area contributed by atoms with Crippen LogP contribution in [0.3, 0.4) is 0 Å². The van der Waals surface area contributed by atoms with Gasteiger partial charge < -0.3 is 9.47 Å². The lowest BCUT2D eigenvalue weighted by molar-refractivity contribution is 0.148. The molecule has 4 heteroatoms. The molecule has 0 aromatic heterocycles. The quantitative estimate of drug-likeness (QED) is 0.0249. The van der Waals surface area contributed by atoms with Gasteiger partial charge in [-0.15, -0.1) is 23.5 Å². The zero-order valence-corrected chi connectivity index (χ0v) is 68.6. The van der Waals surface area contributed by atoms with E-state index in [1.807, 2.05) is 47.8 Å². The number of benzene rings is 4. The number of allylic oxidation sites excluding steroid dienone is 24. The second-order valence-electron chi connectivity index (χ2n) is 28.7. The van der Waals surface area contributed by atoms with E-state index in [1.165, 1.54) is 157 Å². The molecule has 4 aromatic carbocycles. The van der Waals surface area contributed by atoms with Crippen LogP contribution in [0.1, 0.15) is 270 Å². The number of rotatable bonds is 47. The van der Waals surface area contributed by atoms with Crippen molar-refractivity contribution in [3.63, 3.8) is 0 Å². The van der Waals surface area contributed by atoms with Crippen molar-refractivity contribution < 1.29 is 9.47 Å². The van der Waals surface area contributed by atoms with E-state index in [9.17, 15) is 0 Å². The molecule has 0 saturated heterocycles. The van der Waals surface area contributed by atoms with E-state index in [2.05, 4.69) is 300 Å². The lowest BCUT2D eigenvalue weighted by Gasteiger charge is -2.15. The number of thioether (sulfide) groups is 2. The van der Waals surface area contributed by atoms with Gasteiger partial charge in [0, 0.05) is 20.8 Å². The highest BCUT2D eigenvalue weighted by molar-refractivity contribution is 8.00. The third-order valence-electron chi connectivity index (χ3n) is 17.8. The molecule has 0 amide bonds. The lowest BCUT2D eigenvalue weighted by Crippen LogP contribution is -2.01. The largest absolute Gasteiger partial charge is 0.373 e. The van der Waals surface area contributed by atoms with Gasteiger partial charge in [-0.1, -0.05) is 267 Å². The topological polar surface area (TPSA) is 18.5 Å². The summed E-state index contributed by atoms with van der Waals surface area (Å²) in [6, 6.07) is 42.2. The van der Waals surface area contributed by atoms with Crippen molar-refractivity contribution in [3.8, 4) is 0 Å². The van der Waals surface area contributed by atoms with Crippen molar-refractivity contribution in [1.82, 2.24) is 0 Å². The van der Waals surface area contributed by atoms with Crippen LogP contribution in [0.5, 0.6) is 0 Å². The standard InChI is InChI=1S/C48H68OS.C26H38S.C23H34O/c1-39(2)20-15-21-40(3)22-16-23-41(4)25-18-28-44(7)36-48(50-47-32-13-10-14-33-47)37-45(8)29-19-26-42(5)24-17-27-43(6)34-35-49-38-46-30-11-9-12-31-46;1-22(2)12-9-13-23(3)14-10-15-24(4)16-11-17-25(5)20-21-27-26-18-7-6-8-19-26;1-5-20(2)11-9-12-21(3)13-10-14-22(4)17-18-24-19-23-15-7-6-8-16-23/h9-14,20,22,24-25,29-34,36,48H,15-19,21,23,26-28,35,37-38H2,1-8H3;6-8,12,14,16,18-20H,9-11,13,15,17,21H2,1-5H3;6-8,11,13,15-17H,5,9-10,12,14,18-19H2,1-4H3/b40-22+,41-25+,42-24+,43-34+,44-36+,45-29+;23-14+,24-16+,25-20+;20-11+,21-13+,22-17+. The summed E-state index contributed by atoms with van der Waals surface area (Å²) in [5.41, 5.74) is 23.2. The minimum absolute atomic E-state index is 0.446. The van der Waals surface area contributed by atoms with Crippen LogP contribution in [-0.4, -0.2) is 24.2 Å². The van der Waals surface area contributed by atoms with Crippen molar-refractivity contribution >= 4 is 23.5 Å². The van der Waals surface area contributed by atoms with Gasteiger partial charge >= 0.3 is 0 Å². The van der Waals surface area contributed by atoms with Gasteiger partial charge in [0.05, 0.1) is 26.4 Å². The summed E-state index contributed by atoms with van der Waals surface area (Å²) in [6.07, 6.45) is 58.6. The predicted molar refractivity (Wildman–Crippen MR) is 457 cm³/mol. The summed E-state index contributed by atoms with van der Waals surface area (Å²) in [4.78, 5) is 2.70. The first-order valence-corrected chi connectivity index (χ1v) is 40.3. The maximum atomic E-state index is 5.82. The first kappa shape index (κ1) is 90.9. The Morgan fingerprint density at radius 2 is 0.574 bits per heavy atom. The summed E-state index contributed by atoms with van der Waals surface area (Å²) in [7, 11) is 0. The van der Waals surface area contributed by atoms with Gasteiger partial charge in [-0.05, 0) is 287 Å². The molecule has 552 valence electrons. The lowest BCUT2D eigenvalue weighted by atomic mass is 10.0. The molecule has 4 rings (SSSR count). The van der Waals surface area contributed by atoms with Gasteiger partial charge in [-0.3, -0.25) is 0 Å². The maximum Gasteiger partial charge on any atom is 0.0721 e. The molecule has 101 heavy (non-hydrogen) atoms. The van der Waals surface area contributed by atoms with Crippen LogP contribution in [0.2, 0.25) is 0 Å². The number of hydrogen-bond donors (Lipinski definition) is 0. The van der Waals surface area contributed by atoms with Crippen LogP contribution in [0, 0.1) is 0 Å². The molecule has 2 nitrogen and oxygen atoms in total. The van der Waals surface area contributed by atoms with Crippen LogP contribution in [0.25, 0.3) is 0 Å². The highest BCUT2D eigenvalue weighted by Crippen LogP contribution is 2.31. The fourth-order valence-corrected chi connectivity index (χ4v) is 13.1. The summed E-state index contributed by atoms with van der Waals surface area (Å²) in [6.45, 7) is 40.8. The van der Waals surface area contributed by atoms with Crippen LogP contribution in [-0.2, 0) is 22.7 Å². The molecule has 0 aliphatic heterocycles. The molecule has 0 saturated carbocycles. The Labute approximate surface area is 630 Å². The van der Waals surface area contributed by atoms with E-state index in [4.69, 9.17) is 9.47 Å². The second kappa shape index (κ2) is 60.3. The minimum Gasteiger partial charge on any atom is -0.373 e. The van der Waals surface area contributed by atoms with Crippen molar-refractivity contribution in [2.45, 2.75) is 287 Å². The molecular formula is C97H140O2S2. The molecule has 0 bridgehead atoms. The molecule has 1 unspecified atom stereocenters. The third kappa shape index (κ3) is 55.1. The molecular weight excluding hydrogens is 1260 g/mol. The average Bonchev–Trinajstić information content (AvgIpc) is 1.09. The molecule has 0 heterocycles. The van der Waals surface area contributed by atoms with Crippen LogP contribution in [0.15, 0.2) is 294 Å². The third-order valence-corrected chi connectivity index (χ3v) is 19.9. The van der Waals surface area contributed by atoms with Crippen molar-refractivity contribution in [1.29, 1.82) is 0 Å². The van der Waals surface area contributed by atoms with E-state index in [0.29, 0.717) is 31.7 Å². The summed E-state index contributed by atoms with van der Waals surface area (Å²) in [5, 5.41) is 0.446. The monoisotopic (exact) mass is 1400 g/mol. The minimum atomic E-state index is 0.446. The van der Waals surface area contributed by atoms with Crippen LogP contribution < -0.4 is 0 Å². The molecule has 0 N–H and O–H groups in total. The van der Waals surface area contributed by atoms with Gasteiger partial charge in [0.1, 0.15) is 0 Å². The van der Waals surface area contributed by atoms with Crippen molar-refractivity contribution in [2.24, 2.45) is 0 Å². The number of hydrogen-bond acceptors (Lipinski definition) is 4. The SMILES string of the molecule is CC(C)=CCC/C(C)=C/CC/C(C)=C/CC/C(C)=C/C(C/C(C)=C/CC/C(C)=C/CC/C(C)=C/COCc1ccccc1)Sc1ccccc1.CC(C)=CCC/C(C)=C/CC/C(C)=C/CC/C(C)=C/CSc1ccccc1.CC/C(C)=C/CC/C(C)=C/CC/C(C)=C/COCc1ccccc1. The fourth-order valence-electron chi connectivity index (χ4n) is 10.9. The maximum absolute atomic E-state index is 5.82. The summed E-state index contributed by atoms with van der Waals surface area (Å²) >= 11 is 3.90. The zero-order valence-electron chi connectivity index (χ0n) is 66.9. The molecule has 0 aliphatic rings. The smallest absolute Gasteiger partial charge is 0.0721 e. The highest BCUT2D eigenvalue weighted by atomic mass is 32.2. The zero-order chi connectivity index (χ0) is 73.9. The Balaban J connectivity index is 0.000000570. The first-order chi connectivity index (χ1) is 48.7. The van der Waals surface area contributed by atoms with Crippen molar-refractivity contribution in [3.05, 3.63) is 296 Å². The molecule has 4 aromatic rings. The van der Waals surface area contributed by atoms with E-state index >= 15 is 0 Å². The molecule has 0 fully saturated rings. The van der Waals surface area contributed by atoms with Crippen LogP contribution in [0.4, 0.5) is 0 Å². The van der Waals surface area contributed by atoms with E-state index in [0.717, 1.165) is 89.2 Å². The van der Waals surface area contributed by atoms with Gasteiger partial charge in [0.25, 0.3) is 0 Å². The van der Waals surface area contributed by atoms with Crippen LogP contribution >= 0.6 is 23.5 Å². The molecule has 0 spiro atoms. The Morgan fingerprint density at radius 3 is 0.911 bits per heavy atom. The highest BCUT2D eigenvalue weighted by Gasteiger charge is 2.10. The van der Waals surface area contributed by atoms with E-state index < -0.39 is 0 Å². The molecule has 1 atom stereocenters. The van der Waals surface area contributed by atoms with E-state index in [-0.39, 0.29) is 0 Å². The van der Waals surface area contributed by atoms with Gasteiger partial charge in [0.15, 0.2) is 0 Å². The second-order valence-corrected chi connectivity index (χ2v) is 31.1. The average molecular weight is 1400 g/mol. The van der Waals surface area contributed by atoms with Gasteiger partial charge in [-0.2, -0.15) is 0 Å². The Bertz CT molecular complexity index is 3260. The first-order valence-electron chi connectivity index (χ1n) is 38.5. The van der Waals surface area contributed by atoms with Gasteiger partial charge in [0.2, 0.25) is 0 Å². The normalized spacial score (nSPS) is 13.7. The Hall–Kier alpha value is -6.14. The molecule has 0 radical (unpaired) electrons. The van der Waals surface area contributed by atoms with E-state index in [1.54, 1.807) is 0 Å². The molecule has 0 aliphatic carbocycles. The van der Waals surface area contributed by atoms with Gasteiger partial charge in [-0.25, -0.2) is 0 Å². The predicted octanol–water partition coefficient (Wildman–Crippen LogP) is 31.2. The fraction of sp³-hybridized carbons (Fsp3) is 0.464. The summed E-state index contributed by atoms with van der Waals surface area (Å²) in [5.74, 6) is 1.06.